The summed E-state index contributed by atoms with van der Waals surface area (Å²) in [7, 11) is 0.616. The van der Waals surface area contributed by atoms with E-state index in [0.717, 1.165) is 0 Å². The van der Waals surface area contributed by atoms with Crippen molar-refractivity contribution in [1.82, 2.24) is 0 Å². The van der Waals surface area contributed by atoms with Crippen molar-refractivity contribution in [3.63, 3.8) is 0 Å². The number of phenolic OH excluding ortho intramolecular Hbond substituents is 1. The average Bonchev–Trinajstić information content (AvgIpc) is 2.06. The first kappa shape index (κ1) is 10.8. The summed E-state index contributed by atoms with van der Waals surface area (Å²) < 4.78 is 34.5. The highest BCUT2D eigenvalue weighted by molar-refractivity contribution is 8.13. The number of rotatable bonds is 1. The van der Waals surface area contributed by atoms with Gasteiger partial charge in [0.1, 0.15) is 22.5 Å². The van der Waals surface area contributed by atoms with Gasteiger partial charge in [0.25, 0.3) is 9.05 Å². The van der Waals surface area contributed by atoms with Crippen LogP contribution in [-0.4, -0.2) is 13.5 Å². The molecule has 0 amide bonds. The fourth-order valence-electron chi connectivity index (χ4n) is 0.819. The van der Waals surface area contributed by atoms with Crippen molar-refractivity contribution >= 4 is 19.7 Å². The molecule has 0 fully saturated rings. The number of nitrogens with zero attached hydrogens (tertiary/aromatic N) is 1. The third-order valence-corrected chi connectivity index (χ3v) is 2.77. The summed E-state index contributed by atoms with van der Waals surface area (Å²) in [5.41, 5.74) is -0.355. The molecule has 14 heavy (non-hydrogen) atoms. The lowest BCUT2D eigenvalue weighted by Gasteiger charge is -2.00. The maximum atomic E-state index is 13.0. The molecule has 1 N–H and O–H groups in total. The molecular weight excluding hydrogens is 233 g/mol. The van der Waals surface area contributed by atoms with Crippen LogP contribution in [0, 0.1) is 17.1 Å². The Labute approximate surface area is 83.6 Å². The van der Waals surface area contributed by atoms with Crippen molar-refractivity contribution < 1.29 is 17.9 Å². The molecule has 0 aliphatic rings. The van der Waals surface area contributed by atoms with Crippen molar-refractivity contribution in [2.24, 2.45) is 0 Å². The Balaban J connectivity index is 3.54. The standard InChI is InChI=1S/C7H3ClFNO3S/c8-14(12,13)7-2-6(11)4(3-10)1-5(7)9/h1-2,11H. The molecule has 0 aliphatic carbocycles. The molecule has 0 radical (unpaired) electrons. The van der Waals surface area contributed by atoms with Crippen molar-refractivity contribution in [1.29, 1.82) is 5.26 Å². The predicted molar refractivity (Wildman–Crippen MR) is 45.8 cm³/mol. The Hall–Kier alpha value is -1.32. The number of hydrogen-bond donors (Lipinski definition) is 1. The van der Waals surface area contributed by atoms with E-state index < -0.39 is 25.5 Å². The van der Waals surface area contributed by atoms with Gasteiger partial charge in [0, 0.05) is 16.7 Å². The fraction of sp³-hybridized carbons (Fsp3) is 0. The van der Waals surface area contributed by atoms with Gasteiger partial charge in [-0.3, -0.25) is 0 Å². The van der Waals surface area contributed by atoms with E-state index >= 15 is 0 Å². The van der Waals surface area contributed by atoms with Crippen LogP contribution in [0.2, 0.25) is 0 Å². The zero-order valence-electron chi connectivity index (χ0n) is 6.53. The van der Waals surface area contributed by atoms with E-state index in [0.29, 0.717) is 12.1 Å². The molecule has 0 heterocycles. The second-order valence-corrected chi connectivity index (χ2v) is 4.88. The van der Waals surface area contributed by atoms with E-state index in [2.05, 4.69) is 0 Å². The SMILES string of the molecule is N#Cc1cc(F)c(S(=O)(=O)Cl)cc1O. The van der Waals surface area contributed by atoms with Gasteiger partial charge in [0.2, 0.25) is 0 Å². The van der Waals surface area contributed by atoms with E-state index in [1.54, 1.807) is 0 Å². The van der Waals surface area contributed by atoms with Gasteiger partial charge in [0.15, 0.2) is 0 Å². The van der Waals surface area contributed by atoms with Crippen LogP contribution in [0.1, 0.15) is 5.56 Å². The Morgan fingerprint density at radius 3 is 2.50 bits per heavy atom. The molecule has 0 saturated heterocycles. The summed E-state index contributed by atoms with van der Waals surface area (Å²) in [4.78, 5) is -0.851. The largest absolute Gasteiger partial charge is 0.507 e. The highest BCUT2D eigenvalue weighted by Crippen LogP contribution is 2.26. The molecule has 1 aromatic rings. The van der Waals surface area contributed by atoms with Crippen LogP contribution >= 0.6 is 10.7 Å². The highest BCUT2D eigenvalue weighted by atomic mass is 35.7. The van der Waals surface area contributed by atoms with Gasteiger partial charge in [-0.1, -0.05) is 0 Å². The van der Waals surface area contributed by atoms with Crippen LogP contribution < -0.4 is 0 Å². The Kier molecular flexibility index (Phi) is 2.64. The van der Waals surface area contributed by atoms with Gasteiger partial charge in [-0.2, -0.15) is 5.26 Å². The zero-order valence-corrected chi connectivity index (χ0v) is 8.10. The minimum atomic E-state index is -4.25. The summed E-state index contributed by atoms with van der Waals surface area (Å²) >= 11 is 0. The van der Waals surface area contributed by atoms with Gasteiger partial charge in [0.05, 0.1) is 5.56 Å². The minimum Gasteiger partial charge on any atom is -0.507 e. The van der Waals surface area contributed by atoms with Crippen LogP contribution in [-0.2, 0) is 9.05 Å². The van der Waals surface area contributed by atoms with Gasteiger partial charge in [-0.25, -0.2) is 12.8 Å². The molecule has 0 aromatic heterocycles. The van der Waals surface area contributed by atoms with Crippen molar-refractivity contribution in [2.45, 2.75) is 4.90 Å². The maximum Gasteiger partial charge on any atom is 0.264 e. The first-order valence-electron chi connectivity index (χ1n) is 3.23. The molecular formula is C7H3ClFNO3S. The average molecular weight is 236 g/mol. The van der Waals surface area contributed by atoms with E-state index in [-0.39, 0.29) is 5.56 Å². The van der Waals surface area contributed by atoms with Gasteiger partial charge in [-0.05, 0) is 6.07 Å². The van der Waals surface area contributed by atoms with Crippen molar-refractivity contribution in [3.05, 3.63) is 23.5 Å². The van der Waals surface area contributed by atoms with Crippen LogP contribution in [0.4, 0.5) is 4.39 Å². The van der Waals surface area contributed by atoms with E-state index in [4.69, 9.17) is 21.1 Å². The predicted octanol–water partition coefficient (Wildman–Crippen LogP) is 1.33. The first-order valence-corrected chi connectivity index (χ1v) is 5.54. The fourth-order valence-corrected chi connectivity index (χ4v) is 1.72. The van der Waals surface area contributed by atoms with E-state index in [9.17, 15) is 12.8 Å². The lowest BCUT2D eigenvalue weighted by molar-refractivity contribution is 0.466. The highest BCUT2D eigenvalue weighted by Gasteiger charge is 2.19. The lowest BCUT2D eigenvalue weighted by Crippen LogP contribution is -1.96. The number of halogens is 2. The summed E-state index contributed by atoms with van der Waals surface area (Å²) in [5.74, 6) is -1.80. The summed E-state index contributed by atoms with van der Waals surface area (Å²) in [6.07, 6.45) is 0. The molecule has 0 atom stereocenters. The van der Waals surface area contributed by atoms with E-state index in [1.807, 2.05) is 0 Å². The summed E-state index contributed by atoms with van der Waals surface area (Å²) in [5, 5.41) is 17.4. The van der Waals surface area contributed by atoms with Crippen molar-refractivity contribution in [3.8, 4) is 11.8 Å². The summed E-state index contributed by atoms with van der Waals surface area (Å²) in [6.45, 7) is 0. The molecule has 7 heteroatoms. The molecule has 1 aromatic carbocycles. The van der Waals surface area contributed by atoms with Crippen LogP contribution in [0.5, 0.6) is 5.75 Å². The number of nitriles is 1. The quantitative estimate of drug-likeness (QED) is 0.745. The maximum absolute atomic E-state index is 13.0. The topological polar surface area (TPSA) is 78.2 Å². The number of hydrogen-bond acceptors (Lipinski definition) is 4. The molecule has 0 unspecified atom stereocenters. The number of benzene rings is 1. The molecule has 0 bridgehead atoms. The Morgan fingerprint density at radius 2 is 2.07 bits per heavy atom. The van der Waals surface area contributed by atoms with Gasteiger partial charge < -0.3 is 5.11 Å². The molecule has 4 nitrogen and oxygen atoms in total. The van der Waals surface area contributed by atoms with Crippen LogP contribution in [0.3, 0.4) is 0 Å². The second-order valence-electron chi connectivity index (χ2n) is 2.35. The number of phenols is 1. The van der Waals surface area contributed by atoms with Crippen LogP contribution in [0.15, 0.2) is 17.0 Å². The minimum absolute atomic E-state index is 0.355. The Morgan fingerprint density at radius 1 is 1.50 bits per heavy atom. The Bertz CT molecular complexity index is 520. The van der Waals surface area contributed by atoms with Gasteiger partial charge in [-0.15, -0.1) is 0 Å². The first-order chi connectivity index (χ1) is 6.36. The summed E-state index contributed by atoms with van der Waals surface area (Å²) in [6, 6.07) is 2.68. The molecule has 0 saturated carbocycles. The molecule has 1 rings (SSSR count). The monoisotopic (exact) mass is 235 g/mol. The van der Waals surface area contributed by atoms with Crippen molar-refractivity contribution in [2.75, 3.05) is 0 Å². The number of aromatic hydroxyl groups is 1. The second kappa shape index (κ2) is 3.44. The third kappa shape index (κ3) is 1.95. The van der Waals surface area contributed by atoms with Gasteiger partial charge >= 0.3 is 0 Å². The smallest absolute Gasteiger partial charge is 0.264 e. The zero-order chi connectivity index (χ0) is 10.9. The molecule has 0 aliphatic heterocycles. The van der Waals surface area contributed by atoms with Crippen LogP contribution in [0.25, 0.3) is 0 Å². The third-order valence-electron chi connectivity index (χ3n) is 1.43. The lowest BCUT2D eigenvalue weighted by atomic mass is 10.2. The normalized spacial score (nSPS) is 10.9. The van der Waals surface area contributed by atoms with E-state index in [1.165, 1.54) is 6.07 Å². The molecule has 74 valence electrons. The molecule has 0 spiro atoms.